The zero-order valence-electron chi connectivity index (χ0n) is 27.1. The van der Waals surface area contributed by atoms with Crippen LogP contribution in [0.25, 0.3) is 0 Å². The summed E-state index contributed by atoms with van der Waals surface area (Å²) in [6.45, 7) is 12.6. The summed E-state index contributed by atoms with van der Waals surface area (Å²) in [6, 6.07) is 10.7. The van der Waals surface area contributed by atoms with Crippen LogP contribution in [0.2, 0.25) is 0 Å². The number of unbranched alkanes of at least 4 members (excludes halogenated alkanes) is 2. The third-order valence-electron chi connectivity index (χ3n) is 12.7. The van der Waals surface area contributed by atoms with Gasteiger partial charge in [0, 0.05) is 12.8 Å². The minimum Gasteiger partial charge on any atom is -0.462 e. The molecule has 41 heavy (non-hydrogen) atoms. The Labute approximate surface area is 252 Å². The summed E-state index contributed by atoms with van der Waals surface area (Å²) in [5.41, 5.74) is 3.90. The maximum absolute atomic E-state index is 12.7. The first kappa shape index (κ1) is 30.9. The normalized spacial score (nSPS) is 35.3. The molecule has 0 spiro atoms. The molecule has 0 heterocycles. The average molecular weight is 561 g/mol. The second kappa shape index (κ2) is 13.4. The van der Waals surface area contributed by atoms with Crippen LogP contribution in [0.4, 0.5) is 0 Å². The maximum atomic E-state index is 12.7. The summed E-state index contributed by atoms with van der Waals surface area (Å²) in [5.74, 6) is 5.27. The largest absolute Gasteiger partial charge is 0.462 e. The van der Waals surface area contributed by atoms with E-state index in [-0.39, 0.29) is 12.1 Å². The first-order valence-corrected chi connectivity index (χ1v) is 17.6. The monoisotopic (exact) mass is 560 g/mol. The highest BCUT2D eigenvalue weighted by molar-refractivity contribution is 5.69. The first-order chi connectivity index (χ1) is 19.7. The van der Waals surface area contributed by atoms with Crippen LogP contribution in [0.15, 0.2) is 42.0 Å². The number of carbonyl (C=O) groups excluding carboxylic acids is 1. The highest BCUT2D eigenvalue weighted by Gasteiger charge is 2.59. The van der Waals surface area contributed by atoms with E-state index < -0.39 is 0 Å². The van der Waals surface area contributed by atoms with Gasteiger partial charge in [-0.3, -0.25) is 4.79 Å². The number of esters is 1. The van der Waals surface area contributed by atoms with Crippen LogP contribution in [0, 0.1) is 46.3 Å². The summed E-state index contributed by atoms with van der Waals surface area (Å²) in [6.07, 6.45) is 22.1. The van der Waals surface area contributed by atoms with Gasteiger partial charge in [-0.1, -0.05) is 102 Å². The molecular formula is C39H60O2. The molecule has 3 saturated carbocycles. The van der Waals surface area contributed by atoms with Gasteiger partial charge in [-0.2, -0.15) is 0 Å². The molecule has 0 bridgehead atoms. The smallest absolute Gasteiger partial charge is 0.306 e. The third kappa shape index (κ3) is 6.83. The first-order valence-electron chi connectivity index (χ1n) is 17.6. The molecule has 4 aliphatic rings. The van der Waals surface area contributed by atoms with Crippen molar-refractivity contribution < 1.29 is 9.53 Å². The van der Waals surface area contributed by atoms with Gasteiger partial charge in [0.05, 0.1) is 0 Å². The Kier molecular flexibility index (Phi) is 10.1. The molecule has 0 aliphatic heterocycles. The number of hydrogen-bond donors (Lipinski definition) is 0. The van der Waals surface area contributed by atoms with Gasteiger partial charge < -0.3 is 4.74 Å². The van der Waals surface area contributed by atoms with E-state index in [0.717, 1.165) is 74.0 Å². The van der Waals surface area contributed by atoms with Gasteiger partial charge in [-0.05, 0) is 116 Å². The molecule has 0 aromatic heterocycles. The van der Waals surface area contributed by atoms with E-state index in [0.29, 0.717) is 17.3 Å². The summed E-state index contributed by atoms with van der Waals surface area (Å²) < 4.78 is 6.08. The van der Waals surface area contributed by atoms with Gasteiger partial charge in [0.2, 0.25) is 0 Å². The van der Waals surface area contributed by atoms with Crippen LogP contribution in [0.5, 0.6) is 0 Å². The zero-order chi connectivity index (χ0) is 29.0. The number of allylic oxidation sites excluding steroid dienone is 1. The number of rotatable bonds is 12. The molecule has 0 radical (unpaired) electrons. The molecule has 1 unspecified atom stereocenters. The minimum atomic E-state index is 0.0283. The van der Waals surface area contributed by atoms with Crippen molar-refractivity contribution in [1.29, 1.82) is 0 Å². The van der Waals surface area contributed by atoms with Gasteiger partial charge in [-0.25, -0.2) is 0 Å². The second-order valence-corrected chi connectivity index (χ2v) is 15.7. The SMILES string of the molecule is CC(C)CCC[C@@H](C)[C@H]1CC[C@H]2[C@@H]3CC=C4CC(OC(=O)CCCCCc5ccccc5)CC[C@]4(C)[C@H]3CC[C@]12C. The fourth-order valence-corrected chi connectivity index (χ4v) is 10.4. The minimum absolute atomic E-state index is 0.0283. The molecule has 1 aromatic carbocycles. The molecule has 0 amide bonds. The Morgan fingerprint density at radius 2 is 1.71 bits per heavy atom. The molecule has 3 fully saturated rings. The molecule has 0 saturated heterocycles. The molecule has 2 heteroatoms. The summed E-state index contributed by atoms with van der Waals surface area (Å²) >= 11 is 0. The highest BCUT2D eigenvalue weighted by atomic mass is 16.5. The Bertz CT molecular complexity index is 1030. The van der Waals surface area contributed by atoms with Crippen LogP contribution < -0.4 is 0 Å². The van der Waals surface area contributed by atoms with Crippen molar-refractivity contribution in [3.8, 4) is 0 Å². The van der Waals surface area contributed by atoms with Gasteiger partial charge >= 0.3 is 5.97 Å². The number of hydrogen-bond acceptors (Lipinski definition) is 2. The predicted octanol–water partition coefficient (Wildman–Crippen LogP) is 10.7. The zero-order valence-corrected chi connectivity index (χ0v) is 27.1. The van der Waals surface area contributed by atoms with Crippen LogP contribution in [-0.2, 0) is 16.0 Å². The van der Waals surface area contributed by atoms with Crippen molar-refractivity contribution in [2.45, 2.75) is 143 Å². The van der Waals surface area contributed by atoms with Crippen molar-refractivity contribution in [3.05, 3.63) is 47.5 Å². The standard InChI is InChI=1S/C39H60O2/c1-28(2)13-12-14-29(3)34-21-22-35-33-20-19-31-27-32(23-25-38(31,4)36(33)24-26-39(34,35)5)41-37(40)18-11-7-10-17-30-15-8-6-9-16-30/h6,8-9,15-16,19,28-29,32-36H,7,10-14,17-18,20-27H2,1-5H3/t29-,32?,33+,34-,35+,36+,38+,39-/m1/s1. The van der Waals surface area contributed by atoms with Crippen LogP contribution in [0.3, 0.4) is 0 Å². The topological polar surface area (TPSA) is 26.3 Å². The third-order valence-corrected chi connectivity index (χ3v) is 12.7. The Morgan fingerprint density at radius 1 is 0.902 bits per heavy atom. The van der Waals surface area contributed by atoms with Crippen molar-refractivity contribution >= 4 is 5.97 Å². The van der Waals surface area contributed by atoms with E-state index in [4.69, 9.17) is 4.74 Å². The van der Waals surface area contributed by atoms with E-state index in [1.165, 1.54) is 63.4 Å². The van der Waals surface area contributed by atoms with Crippen molar-refractivity contribution in [2.24, 2.45) is 46.3 Å². The molecule has 4 aliphatic carbocycles. The van der Waals surface area contributed by atoms with Crippen LogP contribution in [0.1, 0.15) is 136 Å². The van der Waals surface area contributed by atoms with Crippen molar-refractivity contribution in [1.82, 2.24) is 0 Å². The fourth-order valence-electron chi connectivity index (χ4n) is 10.4. The highest BCUT2D eigenvalue weighted by Crippen LogP contribution is 2.67. The average Bonchev–Trinajstić information content (AvgIpc) is 3.31. The van der Waals surface area contributed by atoms with E-state index in [9.17, 15) is 4.79 Å². The quantitative estimate of drug-likeness (QED) is 0.144. The fraction of sp³-hybridized carbons (Fsp3) is 0.769. The lowest BCUT2D eigenvalue weighted by Gasteiger charge is -2.58. The van der Waals surface area contributed by atoms with Crippen LogP contribution in [-0.4, -0.2) is 12.1 Å². The van der Waals surface area contributed by atoms with Gasteiger partial charge in [-0.15, -0.1) is 0 Å². The lowest BCUT2D eigenvalue weighted by atomic mass is 9.47. The lowest BCUT2D eigenvalue weighted by molar-refractivity contribution is -0.151. The molecule has 2 nitrogen and oxygen atoms in total. The molecule has 0 N–H and O–H groups in total. The van der Waals surface area contributed by atoms with E-state index >= 15 is 0 Å². The summed E-state index contributed by atoms with van der Waals surface area (Å²) in [7, 11) is 0. The molecular weight excluding hydrogens is 500 g/mol. The van der Waals surface area contributed by atoms with E-state index in [1.54, 1.807) is 5.57 Å². The lowest BCUT2D eigenvalue weighted by Crippen LogP contribution is -2.51. The van der Waals surface area contributed by atoms with Crippen molar-refractivity contribution in [2.75, 3.05) is 0 Å². The Morgan fingerprint density at radius 3 is 2.49 bits per heavy atom. The van der Waals surface area contributed by atoms with E-state index in [2.05, 4.69) is 71.0 Å². The Balaban J connectivity index is 1.11. The molecule has 5 rings (SSSR count). The van der Waals surface area contributed by atoms with Gasteiger partial charge in [0.15, 0.2) is 0 Å². The second-order valence-electron chi connectivity index (χ2n) is 15.7. The van der Waals surface area contributed by atoms with Gasteiger partial charge in [0.25, 0.3) is 0 Å². The number of carbonyl (C=O) groups is 1. The van der Waals surface area contributed by atoms with Crippen molar-refractivity contribution in [3.63, 3.8) is 0 Å². The number of fused-ring (bicyclic) bond motifs is 5. The van der Waals surface area contributed by atoms with Crippen LogP contribution >= 0.6 is 0 Å². The molecule has 228 valence electrons. The maximum Gasteiger partial charge on any atom is 0.306 e. The number of benzene rings is 1. The summed E-state index contributed by atoms with van der Waals surface area (Å²) in [5, 5.41) is 0. The van der Waals surface area contributed by atoms with E-state index in [1.807, 2.05) is 0 Å². The Hall–Kier alpha value is -1.57. The molecule has 1 aromatic rings. The predicted molar refractivity (Wildman–Crippen MR) is 172 cm³/mol. The number of ether oxygens (including phenoxy) is 1. The number of aryl methyl sites for hydroxylation is 1. The summed E-state index contributed by atoms with van der Waals surface area (Å²) in [4.78, 5) is 12.7. The van der Waals surface area contributed by atoms with Gasteiger partial charge in [0.1, 0.15) is 6.10 Å². The molecule has 8 atom stereocenters.